The number of aryl methyl sites for hydroxylation is 3. The van der Waals surface area contributed by atoms with Crippen LogP contribution in [0.25, 0.3) is 10.2 Å². The molecule has 148 valence electrons. The molecule has 0 aliphatic rings. The smallest absolute Gasteiger partial charge is 0.269 e. The van der Waals surface area contributed by atoms with Crippen molar-refractivity contribution in [1.82, 2.24) is 9.97 Å². The minimum atomic E-state index is -0.203. The maximum Gasteiger partial charge on any atom is 0.269 e. The summed E-state index contributed by atoms with van der Waals surface area (Å²) in [7, 11) is 0. The molecule has 0 saturated carbocycles. The number of benzene rings is 2. The molecule has 4 rings (SSSR count). The first-order valence-corrected chi connectivity index (χ1v) is 10.9. The second-order valence-electron chi connectivity index (χ2n) is 6.62. The number of thiazole rings is 2. The third-order valence-electron chi connectivity index (χ3n) is 4.38. The number of rotatable bonds is 5. The lowest BCUT2D eigenvalue weighted by atomic mass is 10.2. The highest BCUT2D eigenvalue weighted by Crippen LogP contribution is 2.29. The van der Waals surface area contributed by atoms with Gasteiger partial charge in [-0.1, -0.05) is 35.1 Å². The van der Waals surface area contributed by atoms with E-state index in [0.29, 0.717) is 27.3 Å². The fourth-order valence-electron chi connectivity index (χ4n) is 2.87. The summed E-state index contributed by atoms with van der Waals surface area (Å²) >= 11 is 8.83. The van der Waals surface area contributed by atoms with E-state index in [-0.39, 0.29) is 5.91 Å². The van der Waals surface area contributed by atoms with Crippen molar-refractivity contribution in [2.24, 2.45) is 0 Å². The lowest BCUT2D eigenvalue weighted by molar-refractivity contribution is 0.103. The normalized spacial score (nSPS) is 11.0. The molecule has 5 nitrogen and oxygen atoms in total. The van der Waals surface area contributed by atoms with Gasteiger partial charge in [0.2, 0.25) is 0 Å². The average Bonchev–Trinajstić information content (AvgIpc) is 3.26. The van der Waals surface area contributed by atoms with Gasteiger partial charge in [-0.3, -0.25) is 10.1 Å². The molecule has 0 radical (unpaired) electrons. The van der Waals surface area contributed by atoms with Gasteiger partial charge >= 0.3 is 0 Å². The first-order chi connectivity index (χ1) is 13.9. The van der Waals surface area contributed by atoms with Gasteiger partial charge in [0.05, 0.1) is 15.9 Å². The van der Waals surface area contributed by atoms with E-state index in [2.05, 4.69) is 15.3 Å². The minimum absolute atomic E-state index is 0.203. The van der Waals surface area contributed by atoms with Crippen molar-refractivity contribution in [3.8, 4) is 5.75 Å². The highest BCUT2D eigenvalue weighted by atomic mass is 35.5. The number of carbonyl (C=O) groups excluding carboxylic acids is 1. The fourth-order valence-corrected chi connectivity index (χ4v) is 4.80. The van der Waals surface area contributed by atoms with Crippen LogP contribution < -0.4 is 10.1 Å². The lowest BCUT2D eigenvalue weighted by Crippen LogP contribution is -2.11. The van der Waals surface area contributed by atoms with Crippen LogP contribution in [0.3, 0.4) is 0 Å². The van der Waals surface area contributed by atoms with E-state index in [0.717, 1.165) is 32.1 Å². The van der Waals surface area contributed by atoms with Crippen LogP contribution >= 0.6 is 34.3 Å². The Morgan fingerprint density at radius 3 is 2.69 bits per heavy atom. The van der Waals surface area contributed by atoms with Gasteiger partial charge in [-0.2, -0.15) is 0 Å². The van der Waals surface area contributed by atoms with Crippen molar-refractivity contribution >= 4 is 55.5 Å². The van der Waals surface area contributed by atoms with Gasteiger partial charge in [-0.15, -0.1) is 11.3 Å². The summed E-state index contributed by atoms with van der Waals surface area (Å²) in [6.07, 6.45) is 0. The first-order valence-electron chi connectivity index (χ1n) is 8.93. The van der Waals surface area contributed by atoms with Crippen molar-refractivity contribution in [1.29, 1.82) is 0 Å². The van der Waals surface area contributed by atoms with Crippen molar-refractivity contribution in [2.45, 2.75) is 27.4 Å². The zero-order valence-corrected chi connectivity index (χ0v) is 18.5. The van der Waals surface area contributed by atoms with Gasteiger partial charge in [0, 0.05) is 5.02 Å². The lowest BCUT2D eigenvalue weighted by Gasteiger charge is -2.05. The number of halogens is 1. The second-order valence-corrected chi connectivity index (χ2v) is 9.14. The molecule has 1 amide bonds. The number of carbonyl (C=O) groups is 1. The molecule has 8 heteroatoms. The Kier molecular flexibility index (Phi) is 5.54. The second kappa shape index (κ2) is 8.10. The van der Waals surface area contributed by atoms with Crippen LogP contribution in [-0.4, -0.2) is 15.9 Å². The number of nitrogens with one attached hydrogen (secondary N) is 1. The van der Waals surface area contributed by atoms with Gasteiger partial charge in [-0.25, -0.2) is 9.97 Å². The van der Waals surface area contributed by atoms with Gasteiger partial charge in [0.25, 0.3) is 5.91 Å². The van der Waals surface area contributed by atoms with Crippen LogP contribution in [0.1, 0.15) is 31.5 Å². The number of para-hydroxylation sites is 1. The van der Waals surface area contributed by atoms with Crippen molar-refractivity contribution in [2.75, 3.05) is 5.32 Å². The highest BCUT2D eigenvalue weighted by molar-refractivity contribution is 7.22. The van der Waals surface area contributed by atoms with Crippen LogP contribution in [-0.2, 0) is 6.61 Å². The number of amides is 1. The van der Waals surface area contributed by atoms with Gasteiger partial charge < -0.3 is 4.74 Å². The van der Waals surface area contributed by atoms with E-state index in [1.54, 1.807) is 6.07 Å². The van der Waals surface area contributed by atoms with E-state index in [1.165, 1.54) is 22.7 Å². The number of anilines is 1. The average molecular weight is 444 g/mol. The predicted molar refractivity (Wildman–Crippen MR) is 120 cm³/mol. The van der Waals surface area contributed by atoms with Crippen LogP contribution in [0.15, 0.2) is 36.4 Å². The Morgan fingerprint density at radius 1 is 1.10 bits per heavy atom. The molecule has 2 aromatic heterocycles. The molecular formula is C21H18ClN3O2S2. The van der Waals surface area contributed by atoms with Gasteiger partial charge in [0.1, 0.15) is 22.2 Å². The molecule has 0 atom stereocenters. The molecule has 29 heavy (non-hydrogen) atoms. The first kappa shape index (κ1) is 19.8. The van der Waals surface area contributed by atoms with Gasteiger partial charge in [-0.05, 0) is 56.2 Å². The predicted octanol–water partition coefficient (Wildman–Crippen LogP) is 6.16. The SMILES string of the molecule is Cc1cc(OCc2nc(C)c(C(=O)Nc3nc4c(C)cccc4s3)s2)ccc1Cl. The summed E-state index contributed by atoms with van der Waals surface area (Å²) in [6.45, 7) is 6.05. The van der Waals surface area contributed by atoms with Crippen molar-refractivity contribution in [3.63, 3.8) is 0 Å². The largest absolute Gasteiger partial charge is 0.486 e. The summed E-state index contributed by atoms with van der Waals surface area (Å²) < 4.78 is 6.84. The minimum Gasteiger partial charge on any atom is -0.486 e. The molecule has 2 aromatic carbocycles. The van der Waals surface area contributed by atoms with E-state index >= 15 is 0 Å². The van der Waals surface area contributed by atoms with E-state index in [1.807, 2.05) is 51.1 Å². The molecule has 0 unspecified atom stereocenters. The summed E-state index contributed by atoms with van der Waals surface area (Å²) in [5.74, 6) is 0.515. The molecular weight excluding hydrogens is 426 g/mol. The molecule has 0 saturated heterocycles. The van der Waals surface area contributed by atoms with E-state index < -0.39 is 0 Å². The van der Waals surface area contributed by atoms with Crippen molar-refractivity contribution in [3.05, 3.63) is 68.1 Å². The van der Waals surface area contributed by atoms with E-state index in [4.69, 9.17) is 16.3 Å². The molecule has 2 heterocycles. The standard InChI is InChI=1S/C21H18ClN3O2S2/c1-11-5-4-6-16-18(11)24-21(28-16)25-20(26)19-13(3)23-17(29-19)10-27-14-7-8-15(22)12(2)9-14/h4-9H,10H2,1-3H3,(H,24,25,26). The molecule has 0 aliphatic carbocycles. The van der Waals surface area contributed by atoms with Gasteiger partial charge in [0.15, 0.2) is 5.13 Å². The van der Waals surface area contributed by atoms with Crippen LogP contribution in [0.5, 0.6) is 5.75 Å². The maximum atomic E-state index is 12.7. The number of hydrogen-bond donors (Lipinski definition) is 1. The Bertz CT molecular complexity index is 1220. The number of nitrogens with zero attached hydrogens (tertiary/aromatic N) is 2. The third-order valence-corrected chi connectivity index (χ3v) is 6.87. The summed E-state index contributed by atoms with van der Waals surface area (Å²) in [6, 6.07) is 11.5. The van der Waals surface area contributed by atoms with E-state index in [9.17, 15) is 4.79 Å². The highest BCUT2D eigenvalue weighted by Gasteiger charge is 2.18. The van der Waals surface area contributed by atoms with Crippen LogP contribution in [0.2, 0.25) is 5.02 Å². The Morgan fingerprint density at radius 2 is 1.93 bits per heavy atom. The summed E-state index contributed by atoms with van der Waals surface area (Å²) in [4.78, 5) is 22.3. The number of fused-ring (bicyclic) bond motifs is 1. The quantitative estimate of drug-likeness (QED) is 0.401. The maximum absolute atomic E-state index is 12.7. The topological polar surface area (TPSA) is 64.1 Å². The fraction of sp³-hybridized carbons (Fsp3) is 0.190. The Hall–Kier alpha value is -2.48. The Labute approximate surface area is 181 Å². The molecule has 0 fully saturated rings. The molecule has 0 aliphatic heterocycles. The monoisotopic (exact) mass is 443 g/mol. The van der Waals surface area contributed by atoms with Crippen molar-refractivity contribution < 1.29 is 9.53 Å². The molecule has 0 bridgehead atoms. The van der Waals surface area contributed by atoms with Crippen LogP contribution in [0, 0.1) is 20.8 Å². The van der Waals surface area contributed by atoms with Crippen LogP contribution in [0.4, 0.5) is 5.13 Å². The summed E-state index contributed by atoms with van der Waals surface area (Å²) in [5.41, 5.74) is 3.63. The number of hydrogen-bond acceptors (Lipinski definition) is 6. The number of ether oxygens (including phenoxy) is 1. The molecule has 0 spiro atoms. The molecule has 1 N–H and O–H groups in total. The molecule has 4 aromatic rings. The Balaban J connectivity index is 1.46. The zero-order chi connectivity index (χ0) is 20.5. The number of aromatic nitrogens is 2. The third kappa shape index (κ3) is 4.27. The summed E-state index contributed by atoms with van der Waals surface area (Å²) in [5, 5.41) is 4.92. The zero-order valence-electron chi connectivity index (χ0n) is 16.1.